The van der Waals surface area contributed by atoms with Gasteiger partial charge in [0, 0.05) is 25.2 Å². The number of rotatable bonds is 4. The van der Waals surface area contributed by atoms with Crippen LogP contribution in [0.4, 0.5) is 0 Å². The Labute approximate surface area is 146 Å². The molecule has 0 bridgehead atoms. The monoisotopic (exact) mass is 350 g/mol. The zero-order valence-electron chi connectivity index (χ0n) is 13.5. The number of carbonyl (C=O) groups excluding carboxylic acids is 1. The number of fused-ring (bicyclic) bond motifs is 1. The van der Waals surface area contributed by atoms with E-state index in [1.807, 2.05) is 33.7 Å². The van der Waals surface area contributed by atoms with Crippen molar-refractivity contribution in [3.05, 3.63) is 34.7 Å². The maximum Gasteiger partial charge on any atom is 0.326 e. The van der Waals surface area contributed by atoms with E-state index in [9.17, 15) is 9.59 Å². The molecule has 1 saturated carbocycles. The number of hydrogen-bond donors (Lipinski definition) is 2. The Morgan fingerprint density at radius 1 is 1.17 bits per heavy atom. The second-order valence-corrected chi connectivity index (χ2v) is 6.58. The summed E-state index contributed by atoms with van der Waals surface area (Å²) in [6, 6.07) is 8.51. The highest BCUT2D eigenvalue weighted by atomic mass is 35.5. The maximum absolute atomic E-state index is 12.3. The van der Waals surface area contributed by atoms with Gasteiger partial charge in [-0.3, -0.25) is 9.36 Å². The number of carbonyl (C=O) groups is 1. The molecule has 6 nitrogen and oxygen atoms in total. The molecule has 2 aliphatic rings. The van der Waals surface area contributed by atoms with Crippen molar-refractivity contribution >= 4 is 29.3 Å². The first-order valence-electron chi connectivity index (χ1n) is 8.43. The summed E-state index contributed by atoms with van der Waals surface area (Å²) >= 11 is 0. The molecule has 1 aliphatic carbocycles. The minimum Gasteiger partial charge on any atom is -0.341 e. The zero-order chi connectivity index (χ0) is 15.8. The lowest BCUT2D eigenvalue weighted by atomic mass is 10.0. The van der Waals surface area contributed by atoms with Crippen LogP contribution in [0.3, 0.4) is 0 Å². The van der Waals surface area contributed by atoms with Gasteiger partial charge in [0.05, 0.1) is 17.6 Å². The summed E-state index contributed by atoms with van der Waals surface area (Å²) in [4.78, 5) is 29.3. The van der Waals surface area contributed by atoms with Crippen LogP contribution in [0.5, 0.6) is 0 Å². The summed E-state index contributed by atoms with van der Waals surface area (Å²) in [7, 11) is 0. The SMILES string of the molecule is Cl.O=C(CNC1CC1)N1CCC(n2c(=O)[nH]c3ccccc32)CC1. The van der Waals surface area contributed by atoms with Crippen molar-refractivity contribution in [1.29, 1.82) is 0 Å². The molecule has 2 N–H and O–H groups in total. The first-order chi connectivity index (χ1) is 11.2. The van der Waals surface area contributed by atoms with Gasteiger partial charge in [0.25, 0.3) is 0 Å². The summed E-state index contributed by atoms with van der Waals surface area (Å²) < 4.78 is 1.86. The molecule has 1 aromatic carbocycles. The number of aromatic nitrogens is 2. The summed E-state index contributed by atoms with van der Waals surface area (Å²) in [5, 5.41) is 3.27. The predicted octanol–water partition coefficient (Wildman–Crippen LogP) is 1.67. The Bertz CT molecular complexity index is 772. The lowest BCUT2D eigenvalue weighted by molar-refractivity contribution is -0.131. The maximum atomic E-state index is 12.3. The fraction of sp³-hybridized carbons (Fsp3) is 0.529. The fourth-order valence-electron chi connectivity index (χ4n) is 3.44. The largest absolute Gasteiger partial charge is 0.341 e. The molecule has 1 amide bonds. The number of benzene rings is 1. The van der Waals surface area contributed by atoms with Crippen molar-refractivity contribution in [2.24, 2.45) is 0 Å². The lowest BCUT2D eigenvalue weighted by Gasteiger charge is -2.32. The Kier molecular flexibility index (Phi) is 4.96. The Morgan fingerprint density at radius 3 is 2.58 bits per heavy atom. The highest BCUT2D eigenvalue weighted by Gasteiger charge is 2.27. The van der Waals surface area contributed by atoms with Gasteiger partial charge in [-0.1, -0.05) is 12.1 Å². The van der Waals surface area contributed by atoms with Crippen molar-refractivity contribution in [2.45, 2.75) is 37.8 Å². The van der Waals surface area contributed by atoms with Crippen LogP contribution < -0.4 is 11.0 Å². The van der Waals surface area contributed by atoms with Gasteiger partial charge >= 0.3 is 5.69 Å². The topological polar surface area (TPSA) is 70.1 Å². The van der Waals surface area contributed by atoms with Gasteiger partial charge in [-0.25, -0.2) is 4.79 Å². The van der Waals surface area contributed by atoms with Crippen molar-refractivity contribution in [3.63, 3.8) is 0 Å². The number of piperidine rings is 1. The third-order valence-corrected chi connectivity index (χ3v) is 4.93. The number of nitrogens with one attached hydrogen (secondary N) is 2. The van der Waals surface area contributed by atoms with Gasteiger partial charge in [-0.2, -0.15) is 0 Å². The summed E-state index contributed by atoms with van der Waals surface area (Å²) in [5.41, 5.74) is 1.79. The molecule has 0 spiro atoms. The molecule has 2 aromatic rings. The molecule has 1 aliphatic heterocycles. The summed E-state index contributed by atoms with van der Waals surface area (Å²) in [6.07, 6.45) is 4.05. The first-order valence-corrected chi connectivity index (χ1v) is 8.43. The second-order valence-electron chi connectivity index (χ2n) is 6.58. The third kappa shape index (κ3) is 3.35. The van der Waals surface area contributed by atoms with Gasteiger partial charge in [0.1, 0.15) is 0 Å². The van der Waals surface area contributed by atoms with E-state index in [1.54, 1.807) is 0 Å². The molecule has 0 radical (unpaired) electrons. The molecule has 0 unspecified atom stereocenters. The molecule has 2 heterocycles. The quantitative estimate of drug-likeness (QED) is 0.881. The fourth-order valence-corrected chi connectivity index (χ4v) is 3.44. The van der Waals surface area contributed by atoms with Gasteiger partial charge in [-0.15, -0.1) is 12.4 Å². The molecule has 4 rings (SSSR count). The van der Waals surface area contributed by atoms with Crippen LogP contribution >= 0.6 is 12.4 Å². The number of hydrogen-bond acceptors (Lipinski definition) is 3. The normalized spacial score (nSPS) is 18.6. The minimum absolute atomic E-state index is 0. The van der Waals surface area contributed by atoms with Crippen LogP contribution in [0.2, 0.25) is 0 Å². The number of amides is 1. The summed E-state index contributed by atoms with van der Waals surface area (Å²) in [5.74, 6) is 0.182. The molecule has 130 valence electrons. The van der Waals surface area contributed by atoms with Crippen LogP contribution in [-0.4, -0.2) is 46.0 Å². The number of H-pyrrole nitrogens is 1. The molecule has 0 atom stereocenters. The molecule has 1 saturated heterocycles. The van der Waals surface area contributed by atoms with E-state index < -0.39 is 0 Å². The Hall–Kier alpha value is -1.79. The molecular formula is C17H23ClN4O2. The second kappa shape index (κ2) is 6.99. The molecule has 24 heavy (non-hydrogen) atoms. The van der Waals surface area contributed by atoms with E-state index in [2.05, 4.69) is 10.3 Å². The molecule has 2 fully saturated rings. The zero-order valence-corrected chi connectivity index (χ0v) is 14.3. The van der Waals surface area contributed by atoms with E-state index in [0.29, 0.717) is 12.6 Å². The van der Waals surface area contributed by atoms with Crippen molar-refractivity contribution < 1.29 is 4.79 Å². The van der Waals surface area contributed by atoms with Gasteiger partial charge in [0.2, 0.25) is 5.91 Å². The van der Waals surface area contributed by atoms with Crippen molar-refractivity contribution in [1.82, 2.24) is 19.8 Å². The molecular weight excluding hydrogens is 328 g/mol. The number of imidazole rings is 1. The van der Waals surface area contributed by atoms with Gasteiger partial charge in [-0.05, 0) is 37.8 Å². The Morgan fingerprint density at radius 2 is 1.88 bits per heavy atom. The predicted molar refractivity (Wildman–Crippen MR) is 95.7 cm³/mol. The average Bonchev–Trinajstić information content (AvgIpc) is 3.34. The highest BCUT2D eigenvalue weighted by Crippen LogP contribution is 2.25. The van der Waals surface area contributed by atoms with Gasteiger partial charge < -0.3 is 15.2 Å². The standard InChI is InChI=1S/C17H22N4O2.ClH/c22-16(11-18-12-5-6-12)20-9-7-13(8-10-20)21-15-4-2-1-3-14(15)19-17(21)23;/h1-4,12-13,18H,5-11H2,(H,19,23);1H. The van der Waals surface area contributed by atoms with Gasteiger partial charge in [0.15, 0.2) is 0 Å². The van der Waals surface area contributed by atoms with E-state index in [-0.39, 0.29) is 30.0 Å². The van der Waals surface area contributed by atoms with E-state index in [0.717, 1.165) is 37.0 Å². The van der Waals surface area contributed by atoms with Crippen LogP contribution in [0, 0.1) is 0 Å². The smallest absolute Gasteiger partial charge is 0.326 e. The Balaban J connectivity index is 0.00000169. The number of halogens is 1. The first kappa shape index (κ1) is 17.0. The third-order valence-electron chi connectivity index (χ3n) is 4.93. The number of aromatic amines is 1. The minimum atomic E-state index is -0.0497. The van der Waals surface area contributed by atoms with Crippen molar-refractivity contribution in [2.75, 3.05) is 19.6 Å². The van der Waals surface area contributed by atoms with E-state index in [4.69, 9.17) is 0 Å². The summed E-state index contributed by atoms with van der Waals surface area (Å²) in [6.45, 7) is 1.89. The molecule has 1 aromatic heterocycles. The van der Waals surface area contributed by atoms with E-state index in [1.165, 1.54) is 12.8 Å². The van der Waals surface area contributed by atoms with E-state index >= 15 is 0 Å². The van der Waals surface area contributed by atoms with Crippen molar-refractivity contribution in [3.8, 4) is 0 Å². The number of para-hydroxylation sites is 2. The van der Waals surface area contributed by atoms with Crippen LogP contribution in [0.15, 0.2) is 29.1 Å². The molecule has 7 heteroatoms. The van der Waals surface area contributed by atoms with Crippen LogP contribution in [0.25, 0.3) is 11.0 Å². The van der Waals surface area contributed by atoms with Crippen LogP contribution in [-0.2, 0) is 4.79 Å². The number of likely N-dealkylation sites (tertiary alicyclic amines) is 1. The van der Waals surface area contributed by atoms with Crippen LogP contribution in [0.1, 0.15) is 31.7 Å². The average molecular weight is 351 g/mol. The highest BCUT2D eigenvalue weighted by molar-refractivity contribution is 5.85. The number of nitrogens with zero attached hydrogens (tertiary/aromatic N) is 2. The lowest BCUT2D eigenvalue weighted by Crippen LogP contribution is -2.44.